The molecule has 1 aliphatic rings. The molecule has 0 saturated heterocycles. The Labute approximate surface area is 80.5 Å². The lowest BCUT2D eigenvalue weighted by Gasteiger charge is -2.25. The van der Waals surface area contributed by atoms with Crippen molar-refractivity contribution >= 4 is 5.78 Å². The summed E-state index contributed by atoms with van der Waals surface area (Å²) in [4.78, 5) is 11.6. The van der Waals surface area contributed by atoms with E-state index in [0.29, 0.717) is 11.7 Å². The van der Waals surface area contributed by atoms with Crippen molar-refractivity contribution in [3.05, 3.63) is 24.3 Å². The predicted octanol–water partition coefficient (Wildman–Crippen LogP) is 3.12. The standard InChI is InChI=1S/C12H18O/c1-3-7-12(13)11-9-6-5-8-10(11)4-2/h3,5-7,10-11H,4,8-9H2,1-2H3/b7-3+/t10-,11-/m0/s1. The molecule has 0 fully saturated rings. The maximum atomic E-state index is 11.6. The Bertz CT molecular complexity index is 225. The van der Waals surface area contributed by atoms with Crippen molar-refractivity contribution in [2.24, 2.45) is 11.8 Å². The molecule has 0 aromatic carbocycles. The molecule has 0 bridgehead atoms. The fourth-order valence-electron chi connectivity index (χ4n) is 1.96. The first kappa shape index (κ1) is 10.2. The second-order valence-electron chi connectivity index (χ2n) is 3.62. The van der Waals surface area contributed by atoms with E-state index in [2.05, 4.69) is 19.1 Å². The molecule has 1 aliphatic carbocycles. The Hall–Kier alpha value is -0.850. The van der Waals surface area contributed by atoms with Crippen LogP contribution in [0.5, 0.6) is 0 Å². The zero-order valence-electron chi connectivity index (χ0n) is 8.49. The summed E-state index contributed by atoms with van der Waals surface area (Å²) in [6.07, 6.45) is 11.0. The second kappa shape index (κ2) is 5.00. The van der Waals surface area contributed by atoms with Gasteiger partial charge in [0.1, 0.15) is 0 Å². The number of rotatable bonds is 3. The molecular weight excluding hydrogens is 160 g/mol. The zero-order chi connectivity index (χ0) is 9.68. The SMILES string of the molecule is C/C=C/C(=O)[C@H]1CC=CC[C@@H]1CC. The van der Waals surface area contributed by atoms with Crippen LogP contribution < -0.4 is 0 Å². The average Bonchev–Trinajstić information content (AvgIpc) is 2.18. The van der Waals surface area contributed by atoms with E-state index in [4.69, 9.17) is 0 Å². The van der Waals surface area contributed by atoms with E-state index >= 15 is 0 Å². The Morgan fingerprint density at radius 1 is 1.46 bits per heavy atom. The molecule has 0 spiro atoms. The minimum absolute atomic E-state index is 0.242. The van der Waals surface area contributed by atoms with E-state index in [1.165, 1.54) is 0 Å². The van der Waals surface area contributed by atoms with Gasteiger partial charge < -0.3 is 0 Å². The average molecular weight is 178 g/mol. The van der Waals surface area contributed by atoms with Crippen LogP contribution in [0.4, 0.5) is 0 Å². The van der Waals surface area contributed by atoms with E-state index in [0.717, 1.165) is 19.3 Å². The highest BCUT2D eigenvalue weighted by molar-refractivity contribution is 5.92. The van der Waals surface area contributed by atoms with Gasteiger partial charge in [-0.25, -0.2) is 0 Å². The number of carbonyl (C=O) groups is 1. The highest BCUT2D eigenvalue weighted by atomic mass is 16.1. The third kappa shape index (κ3) is 2.55. The van der Waals surface area contributed by atoms with Crippen LogP contribution >= 0.6 is 0 Å². The summed E-state index contributed by atoms with van der Waals surface area (Å²) in [5.41, 5.74) is 0. The normalized spacial score (nSPS) is 28.2. The van der Waals surface area contributed by atoms with Gasteiger partial charge >= 0.3 is 0 Å². The summed E-state index contributed by atoms with van der Waals surface area (Å²) in [5, 5.41) is 0. The molecule has 0 radical (unpaired) electrons. The predicted molar refractivity (Wildman–Crippen MR) is 55.5 cm³/mol. The fraction of sp³-hybridized carbons (Fsp3) is 0.583. The molecule has 0 aliphatic heterocycles. The quantitative estimate of drug-likeness (QED) is 0.479. The Kier molecular flexibility index (Phi) is 3.94. The van der Waals surface area contributed by atoms with Crippen LogP contribution in [0.15, 0.2) is 24.3 Å². The summed E-state index contributed by atoms with van der Waals surface area (Å²) >= 11 is 0. The lowest BCUT2D eigenvalue weighted by molar-refractivity contribution is -0.119. The molecule has 0 N–H and O–H groups in total. The van der Waals surface area contributed by atoms with Gasteiger partial charge in [-0.05, 0) is 31.8 Å². The van der Waals surface area contributed by atoms with E-state index < -0.39 is 0 Å². The molecule has 1 heteroatoms. The minimum atomic E-state index is 0.242. The van der Waals surface area contributed by atoms with Crippen molar-refractivity contribution in [1.82, 2.24) is 0 Å². The smallest absolute Gasteiger partial charge is 0.159 e. The number of ketones is 1. The molecule has 0 aromatic heterocycles. The molecule has 2 atom stereocenters. The van der Waals surface area contributed by atoms with Gasteiger partial charge in [-0.1, -0.05) is 31.6 Å². The van der Waals surface area contributed by atoms with Gasteiger partial charge in [0.05, 0.1) is 0 Å². The molecule has 0 heterocycles. The first-order valence-corrected chi connectivity index (χ1v) is 5.11. The van der Waals surface area contributed by atoms with Gasteiger partial charge in [-0.2, -0.15) is 0 Å². The van der Waals surface area contributed by atoms with E-state index in [1.807, 2.05) is 13.0 Å². The van der Waals surface area contributed by atoms with Crippen LogP contribution in [0, 0.1) is 11.8 Å². The summed E-state index contributed by atoms with van der Waals surface area (Å²) < 4.78 is 0. The number of carbonyl (C=O) groups excluding carboxylic acids is 1. The van der Waals surface area contributed by atoms with Gasteiger partial charge in [0.25, 0.3) is 0 Å². The van der Waals surface area contributed by atoms with Crippen molar-refractivity contribution in [3.8, 4) is 0 Å². The molecule has 1 nitrogen and oxygen atoms in total. The van der Waals surface area contributed by atoms with Crippen LogP contribution in [0.1, 0.15) is 33.1 Å². The monoisotopic (exact) mass is 178 g/mol. The first-order chi connectivity index (χ1) is 6.29. The second-order valence-corrected chi connectivity index (χ2v) is 3.62. The third-order valence-corrected chi connectivity index (χ3v) is 2.79. The Morgan fingerprint density at radius 3 is 2.77 bits per heavy atom. The summed E-state index contributed by atoms with van der Waals surface area (Å²) in [7, 11) is 0. The highest BCUT2D eigenvalue weighted by Crippen LogP contribution is 2.28. The molecule has 72 valence electrons. The first-order valence-electron chi connectivity index (χ1n) is 5.11. The fourth-order valence-corrected chi connectivity index (χ4v) is 1.96. The Balaban J connectivity index is 2.65. The number of hydrogen-bond donors (Lipinski definition) is 0. The zero-order valence-corrected chi connectivity index (χ0v) is 8.49. The molecule has 1 rings (SSSR count). The molecule has 13 heavy (non-hydrogen) atoms. The molecular formula is C12H18O. The minimum Gasteiger partial charge on any atom is -0.295 e. The Morgan fingerprint density at radius 2 is 2.15 bits per heavy atom. The maximum Gasteiger partial charge on any atom is 0.159 e. The highest BCUT2D eigenvalue weighted by Gasteiger charge is 2.25. The van der Waals surface area contributed by atoms with Crippen molar-refractivity contribution in [2.45, 2.75) is 33.1 Å². The van der Waals surface area contributed by atoms with Crippen molar-refractivity contribution in [2.75, 3.05) is 0 Å². The van der Waals surface area contributed by atoms with Crippen LogP contribution in [0.3, 0.4) is 0 Å². The van der Waals surface area contributed by atoms with Gasteiger partial charge in [-0.3, -0.25) is 4.79 Å². The van der Waals surface area contributed by atoms with E-state index in [-0.39, 0.29) is 5.92 Å². The van der Waals surface area contributed by atoms with Crippen LogP contribution in [-0.2, 0) is 4.79 Å². The van der Waals surface area contributed by atoms with Crippen LogP contribution in [0.2, 0.25) is 0 Å². The third-order valence-electron chi connectivity index (χ3n) is 2.79. The summed E-state index contributed by atoms with van der Waals surface area (Å²) in [6, 6.07) is 0. The van der Waals surface area contributed by atoms with Gasteiger partial charge in [0.2, 0.25) is 0 Å². The number of allylic oxidation sites excluding steroid dienone is 4. The lowest BCUT2D eigenvalue weighted by Crippen LogP contribution is -2.23. The van der Waals surface area contributed by atoms with Crippen LogP contribution in [-0.4, -0.2) is 5.78 Å². The van der Waals surface area contributed by atoms with Crippen LogP contribution in [0.25, 0.3) is 0 Å². The lowest BCUT2D eigenvalue weighted by atomic mass is 9.79. The molecule has 0 amide bonds. The topological polar surface area (TPSA) is 17.1 Å². The summed E-state index contributed by atoms with van der Waals surface area (Å²) in [6.45, 7) is 4.07. The molecule has 0 unspecified atom stereocenters. The van der Waals surface area contributed by atoms with Crippen molar-refractivity contribution < 1.29 is 4.79 Å². The maximum absolute atomic E-state index is 11.6. The van der Waals surface area contributed by atoms with E-state index in [1.54, 1.807) is 6.08 Å². The number of hydrogen-bond acceptors (Lipinski definition) is 1. The molecule has 0 saturated carbocycles. The van der Waals surface area contributed by atoms with E-state index in [9.17, 15) is 4.79 Å². The largest absolute Gasteiger partial charge is 0.295 e. The van der Waals surface area contributed by atoms with Gasteiger partial charge in [-0.15, -0.1) is 0 Å². The molecule has 0 aromatic rings. The van der Waals surface area contributed by atoms with Crippen molar-refractivity contribution in [3.63, 3.8) is 0 Å². The van der Waals surface area contributed by atoms with Gasteiger partial charge in [0, 0.05) is 5.92 Å². The van der Waals surface area contributed by atoms with Gasteiger partial charge in [0.15, 0.2) is 5.78 Å². The van der Waals surface area contributed by atoms with Crippen molar-refractivity contribution in [1.29, 1.82) is 0 Å². The summed E-state index contributed by atoms with van der Waals surface area (Å²) in [5.74, 6) is 1.11.